The van der Waals surface area contributed by atoms with Crippen LogP contribution < -0.4 is 0 Å². The largest absolute Gasteiger partial charge is 0.462 e. The lowest BCUT2D eigenvalue weighted by atomic mass is 10.0. The molecule has 2 heterocycles. The van der Waals surface area contributed by atoms with Gasteiger partial charge in [-0.2, -0.15) is 4.39 Å². The summed E-state index contributed by atoms with van der Waals surface area (Å²) in [7, 11) is 0. The number of carbonyl (C=O) groups excluding carboxylic acids is 1. The molecule has 1 aromatic heterocycles. The Hall–Kier alpha value is -1.49. The number of esters is 1. The van der Waals surface area contributed by atoms with Crippen LogP contribution in [0.2, 0.25) is 0 Å². The van der Waals surface area contributed by atoms with Crippen molar-refractivity contribution < 1.29 is 18.7 Å². The zero-order valence-electron chi connectivity index (χ0n) is 9.39. The van der Waals surface area contributed by atoms with Gasteiger partial charge in [0.2, 0.25) is 5.95 Å². The first kappa shape index (κ1) is 12.0. The standard InChI is InChI=1S/C12H14FNO3/c13-11-2-1-10(7-14-11)12(15)17-8-9-3-5-16-6-4-9/h1-2,7,9H,3-6,8H2. The number of nitrogens with zero attached hydrogens (tertiary/aromatic N) is 1. The molecule has 5 heteroatoms. The van der Waals surface area contributed by atoms with Gasteiger partial charge in [-0.05, 0) is 30.9 Å². The fourth-order valence-corrected chi connectivity index (χ4v) is 1.69. The second-order valence-corrected chi connectivity index (χ2v) is 4.02. The van der Waals surface area contributed by atoms with Crippen LogP contribution in [0.4, 0.5) is 4.39 Å². The molecule has 4 nitrogen and oxygen atoms in total. The molecule has 1 saturated heterocycles. The molecule has 1 aliphatic heterocycles. The molecule has 92 valence electrons. The first-order valence-electron chi connectivity index (χ1n) is 5.62. The summed E-state index contributed by atoms with van der Waals surface area (Å²) in [4.78, 5) is 15.0. The maximum atomic E-state index is 12.5. The van der Waals surface area contributed by atoms with E-state index in [2.05, 4.69) is 4.98 Å². The van der Waals surface area contributed by atoms with Crippen LogP contribution in [-0.2, 0) is 9.47 Å². The molecular weight excluding hydrogens is 225 g/mol. The predicted octanol–water partition coefficient (Wildman–Crippen LogP) is 1.80. The van der Waals surface area contributed by atoms with Crippen molar-refractivity contribution in [2.24, 2.45) is 5.92 Å². The van der Waals surface area contributed by atoms with E-state index in [0.717, 1.165) is 32.1 Å². The van der Waals surface area contributed by atoms with Gasteiger partial charge in [0.05, 0.1) is 12.2 Å². The number of carbonyl (C=O) groups is 1. The molecule has 0 unspecified atom stereocenters. The van der Waals surface area contributed by atoms with Gasteiger partial charge in [0, 0.05) is 19.4 Å². The number of aromatic nitrogens is 1. The highest BCUT2D eigenvalue weighted by Crippen LogP contribution is 2.15. The third kappa shape index (κ3) is 3.49. The van der Waals surface area contributed by atoms with Crippen molar-refractivity contribution in [2.45, 2.75) is 12.8 Å². The van der Waals surface area contributed by atoms with Gasteiger partial charge in [-0.25, -0.2) is 9.78 Å². The molecular formula is C12H14FNO3. The second-order valence-electron chi connectivity index (χ2n) is 4.02. The number of hydrogen-bond donors (Lipinski definition) is 0. The van der Waals surface area contributed by atoms with E-state index in [0.29, 0.717) is 12.5 Å². The van der Waals surface area contributed by atoms with Crippen LogP contribution in [0.25, 0.3) is 0 Å². The minimum atomic E-state index is -0.606. The van der Waals surface area contributed by atoms with Gasteiger partial charge in [0.15, 0.2) is 0 Å². The van der Waals surface area contributed by atoms with Gasteiger partial charge in [0.25, 0.3) is 0 Å². The van der Waals surface area contributed by atoms with Crippen LogP contribution >= 0.6 is 0 Å². The SMILES string of the molecule is O=C(OCC1CCOCC1)c1ccc(F)nc1. The predicted molar refractivity (Wildman–Crippen MR) is 58.0 cm³/mol. The number of pyridine rings is 1. The Kier molecular flexibility index (Phi) is 4.03. The topological polar surface area (TPSA) is 48.4 Å². The van der Waals surface area contributed by atoms with Crippen molar-refractivity contribution in [2.75, 3.05) is 19.8 Å². The Morgan fingerprint density at radius 1 is 1.47 bits per heavy atom. The number of halogens is 1. The monoisotopic (exact) mass is 239 g/mol. The summed E-state index contributed by atoms with van der Waals surface area (Å²) in [5, 5.41) is 0. The summed E-state index contributed by atoms with van der Waals surface area (Å²) in [5.41, 5.74) is 0.276. The number of hydrogen-bond acceptors (Lipinski definition) is 4. The molecule has 0 radical (unpaired) electrons. The molecule has 0 saturated carbocycles. The summed E-state index contributed by atoms with van der Waals surface area (Å²) >= 11 is 0. The third-order valence-corrected chi connectivity index (χ3v) is 2.75. The fourth-order valence-electron chi connectivity index (χ4n) is 1.69. The Balaban J connectivity index is 1.82. The van der Waals surface area contributed by atoms with Crippen LogP contribution in [0.15, 0.2) is 18.3 Å². The first-order valence-corrected chi connectivity index (χ1v) is 5.62. The number of ether oxygens (including phenoxy) is 2. The van der Waals surface area contributed by atoms with Gasteiger partial charge in [-0.1, -0.05) is 0 Å². The quantitative estimate of drug-likeness (QED) is 0.596. The van der Waals surface area contributed by atoms with E-state index in [1.165, 1.54) is 12.3 Å². The van der Waals surface area contributed by atoms with Crippen molar-refractivity contribution in [3.05, 3.63) is 29.8 Å². The third-order valence-electron chi connectivity index (χ3n) is 2.75. The molecule has 1 fully saturated rings. The lowest BCUT2D eigenvalue weighted by Crippen LogP contribution is -2.22. The molecule has 0 amide bonds. The van der Waals surface area contributed by atoms with Gasteiger partial charge in [-0.3, -0.25) is 0 Å². The normalized spacial score (nSPS) is 16.8. The highest BCUT2D eigenvalue weighted by Gasteiger charge is 2.16. The van der Waals surface area contributed by atoms with Crippen LogP contribution in [0, 0.1) is 11.9 Å². The van der Waals surface area contributed by atoms with E-state index >= 15 is 0 Å². The Bertz CT molecular complexity index is 374. The maximum Gasteiger partial charge on any atom is 0.339 e. The van der Waals surface area contributed by atoms with Crippen molar-refractivity contribution in [3.8, 4) is 0 Å². The molecule has 1 aliphatic rings. The lowest BCUT2D eigenvalue weighted by molar-refractivity contribution is 0.0185. The van der Waals surface area contributed by atoms with E-state index in [1.54, 1.807) is 0 Å². The molecule has 0 aromatic carbocycles. The fraction of sp³-hybridized carbons (Fsp3) is 0.500. The Morgan fingerprint density at radius 2 is 2.24 bits per heavy atom. The van der Waals surface area contributed by atoms with E-state index < -0.39 is 11.9 Å². The number of rotatable bonds is 3. The molecule has 0 atom stereocenters. The van der Waals surface area contributed by atoms with Crippen LogP contribution in [0.1, 0.15) is 23.2 Å². The van der Waals surface area contributed by atoms with Crippen molar-refractivity contribution in [3.63, 3.8) is 0 Å². The summed E-state index contributed by atoms with van der Waals surface area (Å²) in [6.07, 6.45) is 3.01. The molecule has 1 aromatic rings. The summed E-state index contributed by atoms with van der Waals surface area (Å²) < 4.78 is 22.9. The highest BCUT2D eigenvalue weighted by atomic mass is 19.1. The smallest absolute Gasteiger partial charge is 0.339 e. The molecule has 0 N–H and O–H groups in total. The summed E-state index contributed by atoms with van der Waals surface area (Å²) in [6, 6.07) is 2.51. The molecule has 0 spiro atoms. The minimum Gasteiger partial charge on any atom is -0.462 e. The van der Waals surface area contributed by atoms with E-state index in [1.807, 2.05) is 0 Å². The molecule has 2 rings (SSSR count). The molecule has 0 bridgehead atoms. The van der Waals surface area contributed by atoms with Gasteiger partial charge >= 0.3 is 5.97 Å². The Labute approximate surface area is 98.8 Å². The van der Waals surface area contributed by atoms with Crippen molar-refractivity contribution in [1.29, 1.82) is 0 Å². The van der Waals surface area contributed by atoms with Gasteiger partial charge < -0.3 is 9.47 Å². The zero-order chi connectivity index (χ0) is 12.1. The molecule has 0 aliphatic carbocycles. The van der Waals surface area contributed by atoms with Crippen molar-refractivity contribution >= 4 is 5.97 Å². The summed E-state index contributed by atoms with van der Waals surface area (Å²) in [6.45, 7) is 1.83. The van der Waals surface area contributed by atoms with E-state index in [4.69, 9.17) is 9.47 Å². The van der Waals surface area contributed by atoms with Gasteiger partial charge in [-0.15, -0.1) is 0 Å². The molecule has 17 heavy (non-hydrogen) atoms. The maximum absolute atomic E-state index is 12.5. The minimum absolute atomic E-state index is 0.276. The Morgan fingerprint density at radius 3 is 2.88 bits per heavy atom. The average molecular weight is 239 g/mol. The van der Waals surface area contributed by atoms with Crippen LogP contribution in [0.3, 0.4) is 0 Å². The zero-order valence-corrected chi connectivity index (χ0v) is 9.39. The summed E-state index contributed by atoms with van der Waals surface area (Å²) in [5.74, 6) is -0.698. The van der Waals surface area contributed by atoms with E-state index in [-0.39, 0.29) is 5.56 Å². The first-order chi connectivity index (χ1) is 8.25. The second kappa shape index (κ2) is 5.72. The lowest BCUT2D eigenvalue weighted by Gasteiger charge is -2.21. The van der Waals surface area contributed by atoms with Crippen LogP contribution in [0.5, 0.6) is 0 Å². The highest BCUT2D eigenvalue weighted by molar-refractivity contribution is 5.88. The van der Waals surface area contributed by atoms with E-state index in [9.17, 15) is 9.18 Å². The van der Waals surface area contributed by atoms with Gasteiger partial charge in [0.1, 0.15) is 0 Å². The van der Waals surface area contributed by atoms with Crippen molar-refractivity contribution in [1.82, 2.24) is 4.98 Å². The van der Waals surface area contributed by atoms with Crippen LogP contribution in [-0.4, -0.2) is 30.8 Å². The average Bonchev–Trinajstić information content (AvgIpc) is 2.38.